The number of carbonyl (C=O) groups excluding carboxylic acids is 2. The number of ether oxygens (including phenoxy) is 1. The van der Waals surface area contributed by atoms with Gasteiger partial charge in [0.2, 0.25) is 0 Å². The second kappa shape index (κ2) is 6.52. The lowest BCUT2D eigenvalue weighted by Gasteiger charge is -2.22. The van der Waals surface area contributed by atoms with Gasteiger partial charge >= 0.3 is 5.97 Å². The Labute approximate surface area is 117 Å². The lowest BCUT2D eigenvalue weighted by Crippen LogP contribution is -2.46. The van der Waals surface area contributed by atoms with Gasteiger partial charge < -0.3 is 10.1 Å². The van der Waals surface area contributed by atoms with Crippen molar-refractivity contribution in [3.05, 3.63) is 28.5 Å². The Morgan fingerprint density at radius 2 is 2.11 bits per heavy atom. The van der Waals surface area contributed by atoms with Crippen molar-refractivity contribution in [1.29, 1.82) is 0 Å². The van der Waals surface area contributed by atoms with Crippen molar-refractivity contribution < 1.29 is 14.3 Å². The number of hydrogen-bond donors (Lipinski definition) is 1. The van der Waals surface area contributed by atoms with Crippen molar-refractivity contribution in [1.82, 2.24) is 5.32 Å². The van der Waals surface area contributed by atoms with Crippen molar-refractivity contribution in [2.24, 2.45) is 0 Å². The number of hydrogen-bond acceptors (Lipinski definition) is 4. The minimum absolute atomic E-state index is 0.301. The molecule has 1 atom stereocenters. The van der Waals surface area contributed by atoms with E-state index in [9.17, 15) is 9.59 Å². The predicted molar refractivity (Wildman–Crippen MR) is 76.8 cm³/mol. The monoisotopic (exact) mass is 281 g/mol. The van der Waals surface area contributed by atoms with Crippen molar-refractivity contribution in [2.75, 3.05) is 0 Å². The van der Waals surface area contributed by atoms with Gasteiger partial charge in [-0.25, -0.2) is 4.79 Å². The number of esters is 1. The molecule has 1 rings (SSSR count). The van der Waals surface area contributed by atoms with Gasteiger partial charge in [-0.15, -0.1) is 11.3 Å². The second-order valence-corrected chi connectivity index (χ2v) is 6.15. The Morgan fingerprint density at radius 1 is 1.42 bits per heavy atom. The topological polar surface area (TPSA) is 55.4 Å². The first-order valence-corrected chi connectivity index (χ1v) is 6.90. The maximum absolute atomic E-state index is 11.7. The second-order valence-electron chi connectivity index (χ2n) is 5.17. The van der Waals surface area contributed by atoms with Gasteiger partial charge in [0.05, 0.1) is 0 Å². The zero-order valence-corrected chi connectivity index (χ0v) is 12.4. The molecular weight excluding hydrogens is 262 g/mol. The van der Waals surface area contributed by atoms with Gasteiger partial charge in [0.15, 0.2) is 6.10 Å². The van der Waals surface area contributed by atoms with Crippen LogP contribution in [-0.4, -0.2) is 23.5 Å². The summed E-state index contributed by atoms with van der Waals surface area (Å²) >= 11 is 1.52. The van der Waals surface area contributed by atoms with E-state index in [1.807, 2.05) is 38.3 Å². The van der Waals surface area contributed by atoms with Crippen LogP contribution in [-0.2, 0) is 14.3 Å². The van der Waals surface area contributed by atoms with Crippen LogP contribution in [0.5, 0.6) is 0 Å². The van der Waals surface area contributed by atoms with Crippen molar-refractivity contribution in [3.8, 4) is 0 Å². The molecule has 1 aromatic heterocycles. The standard InChI is InChI=1S/C14H19NO3S/c1-10(13(17)15-14(2,3)4)18-12(16)8-7-11-6-5-9-19-11/h5-10H,1-4H3,(H,15,17)/b8-7+/t10-/m1/s1. The highest BCUT2D eigenvalue weighted by Gasteiger charge is 2.21. The summed E-state index contributed by atoms with van der Waals surface area (Å²) in [5.74, 6) is -0.824. The Balaban J connectivity index is 2.46. The summed E-state index contributed by atoms with van der Waals surface area (Å²) in [6.45, 7) is 7.17. The highest BCUT2D eigenvalue weighted by atomic mass is 32.1. The zero-order chi connectivity index (χ0) is 14.5. The summed E-state index contributed by atoms with van der Waals surface area (Å²) in [5, 5.41) is 4.68. The number of thiophene rings is 1. The van der Waals surface area contributed by atoms with Gasteiger partial charge in [-0.05, 0) is 45.2 Å². The van der Waals surface area contributed by atoms with Gasteiger partial charge in [0, 0.05) is 16.5 Å². The Kier molecular flexibility index (Phi) is 5.30. The van der Waals surface area contributed by atoms with E-state index in [2.05, 4.69) is 5.32 Å². The number of rotatable bonds is 4. The molecule has 0 spiro atoms. The maximum atomic E-state index is 11.7. The molecule has 19 heavy (non-hydrogen) atoms. The fourth-order valence-electron chi connectivity index (χ4n) is 1.27. The van der Waals surface area contributed by atoms with Gasteiger partial charge in [-0.2, -0.15) is 0 Å². The normalized spacial score (nSPS) is 13.3. The summed E-state index contributed by atoms with van der Waals surface area (Å²) in [6.07, 6.45) is 2.19. The van der Waals surface area contributed by atoms with E-state index in [-0.39, 0.29) is 11.4 Å². The van der Waals surface area contributed by atoms with Crippen LogP contribution in [0, 0.1) is 0 Å². The van der Waals surface area contributed by atoms with E-state index in [0.717, 1.165) is 4.88 Å². The highest BCUT2D eigenvalue weighted by molar-refractivity contribution is 7.10. The van der Waals surface area contributed by atoms with Crippen LogP contribution in [0.1, 0.15) is 32.6 Å². The lowest BCUT2D eigenvalue weighted by molar-refractivity contribution is -0.150. The summed E-state index contributed by atoms with van der Waals surface area (Å²) in [7, 11) is 0. The molecule has 1 N–H and O–H groups in total. The van der Waals surface area contributed by atoms with Gasteiger partial charge in [-0.1, -0.05) is 6.07 Å². The molecule has 0 aliphatic carbocycles. The van der Waals surface area contributed by atoms with Gasteiger partial charge in [-0.3, -0.25) is 4.79 Å². The Hall–Kier alpha value is -1.62. The first-order valence-electron chi connectivity index (χ1n) is 6.02. The lowest BCUT2D eigenvalue weighted by atomic mass is 10.1. The van der Waals surface area contributed by atoms with E-state index < -0.39 is 12.1 Å². The molecule has 0 bridgehead atoms. The third-order valence-electron chi connectivity index (χ3n) is 2.09. The molecule has 0 saturated heterocycles. The Bertz CT molecular complexity index is 458. The molecule has 4 nitrogen and oxygen atoms in total. The minimum Gasteiger partial charge on any atom is -0.449 e. The van der Waals surface area contributed by atoms with Crippen LogP contribution in [0.25, 0.3) is 6.08 Å². The van der Waals surface area contributed by atoms with Crippen LogP contribution >= 0.6 is 11.3 Å². The predicted octanol–water partition coefficient (Wildman–Crippen LogP) is 2.61. The first-order chi connectivity index (χ1) is 8.78. The van der Waals surface area contributed by atoms with Crippen molar-refractivity contribution in [3.63, 3.8) is 0 Å². The average molecular weight is 281 g/mol. The third-order valence-corrected chi connectivity index (χ3v) is 2.92. The number of amides is 1. The minimum atomic E-state index is -0.806. The highest BCUT2D eigenvalue weighted by Crippen LogP contribution is 2.10. The number of carbonyl (C=O) groups is 2. The van der Waals surface area contributed by atoms with Gasteiger partial charge in [0.1, 0.15) is 0 Å². The molecule has 1 heterocycles. The molecular formula is C14H19NO3S. The SMILES string of the molecule is C[C@@H](OC(=O)/C=C/c1cccs1)C(=O)NC(C)(C)C. The van der Waals surface area contributed by atoms with Crippen LogP contribution in [0.4, 0.5) is 0 Å². The van der Waals surface area contributed by atoms with Gasteiger partial charge in [0.25, 0.3) is 5.91 Å². The van der Waals surface area contributed by atoms with Crippen molar-refractivity contribution >= 4 is 29.3 Å². The molecule has 0 saturated carbocycles. The first kappa shape index (κ1) is 15.4. The zero-order valence-electron chi connectivity index (χ0n) is 11.6. The molecule has 0 unspecified atom stereocenters. The molecule has 0 aliphatic rings. The quantitative estimate of drug-likeness (QED) is 0.682. The smallest absolute Gasteiger partial charge is 0.331 e. The molecule has 5 heteroatoms. The molecule has 104 valence electrons. The third kappa shape index (κ3) is 6.20. The fraction of sp³-hybridized carbons (Fsp3) is 0.429. The summed E-state index contributed by atoms with van der Waals surface area (Å²) < 4.78 is 5.02. The molecule has 0 aromatic carbocycles. The van der Waals surface area contributed by atoms with E-state index in [4.69, 9.17) is 4.74 Å². The Morgan fingerprint density at radius 3 is 2.63 bits per heavy atom. The summed E-state index contributed by atoms with van der Waals surface area (Å²) in [6, 6.07) is 3.79. The largest absolute Gasteiger partial charge is 0.449 e. The van der Waals surface area contributed by atoms with Crippen LogP contribution < -0.4 is 5.32 Å². The van der Waals surface area contributed by atoms with Crippen LogP contribution in [0.15, 0.2) is 23.6 Å². The van der Waals surface area contributed by atoms with E-state index in [1.54, 1.807) is 13.0 Å². The summed E-state index contributed by atoms with van der Waals surface area (Å²) in [4.78, 5) is 24.2. The van der Waals surface area contributed by atoms with E-state index in [1.165, 1.54) is 17.4 Å². The van der Waals surface area contributed by atoms with E-state index >= 15 is 0 Å². The molecule has 0 radical (unpaired) electrons. The molecule has 1 aromatic rings. The van der Waals surface area contributed by atoms with E-state index in [0.29, 0.717) is 0 Å². The average Bonchev–Trinajstić information content (AvgIpc) is 2.76. The number of nitrogens with one attached hydrogen (secondary N) is 1. The molecule has 0 aliphatic heterocycles. The van der Waals surface area contributed by atoms with Crippen molar-refractivity contribution in [2.45, 2.75) is 39.3 Å². The molecule has 0 fully saturated rings. The van der Waals surface area contributed by atoms with Crippen LogP contribution in [0.2, 0.25) is 0 Å². The fourth-order valence-corrected chi connectivity index (χ4v) is 1.89. The maximum Gasteiger partial charge on any atom is 0.331 e. The van der Waals surface area contributed by atoms with Crippen LogP contribution in [0.3, 0.4) is 0 Å². The summed E-state index contributed by atoms with van der Waals surface area (Å²) in [5.41, 5.74) is -0.343. The molecule has 1 amide bonds.